The molecule has 1 aliphatic heterocycles. The Morgan fingerprint density at radius 3 is 2.26 bits per heavy atom. The molecule has 1 saturated heterocycles. The van der Waals surface area contributed by atoms with E-state index in [2.05, 4.69) is 4.98 Å². The van der Waals surface area contributed by atoms with Crippen LogP contribution in [0, 0.1) is 12.9 Å². The van der Waals surface area contributed by atoms with Crippen molar-refractivity contribution in [2.45, 2.75) is 64.8 Å². The van der Waals surface area contributed by atoms with Gasteiger partial charge in [0.15, 0.2) is 24.6 Å². The van der Waals surface area contributed by atoms with E-state index in [4.69, 9.17) is 18.9 Å². The molecule has 11 heteroatoms. The lowest BCUT2D eigenvalue weighted by molar-refractivity contribution is -0.293. The van der Waals surface area contributed by atoms with E-state index in [0.29, 0.717) is 12.0 Å². The maximum Gasteiger partial charge on any atom is 0.303 e. The zero-order valence-electron chi connectivity index (χ0n) is 21.8. The highest BCUT2D eigenvalue weighted by atomic mass is 32.1. The highest BCUT2D eigenvalue weighted by Gasteiger charge is 2.51. The topological polar surface area (TPSA) is 121 Å². The van der Waals surface area contributed by atoms with E-state index >= 15 is 0 Å². The monoisotopic (exact) mass is 557 g/mol. The maximum absolute atomic E-state index is 13.2. The van der Waals surface area contributed by atoms with Crippen LogP contribution in [0.5, 0.6) is 0 Å². The number of hydrogen-bond acceptors (Lipinski definition) is 10. The van der Waals surface area contributed by atoms with E-state index in [0.717, 1.165) is 40.3 Å². The molecule has 1 fully saturated rings. The number of carbonyl (C=O) groups is 3. The van der Waals surface area contributed by atoms with Crippen LogP contribution >= 0.6 is 11.3 Å². The van der Waals surface area contributed by atoms with Gasteiger partial charge >= 0.3 is 17.9 Å². The van der Waals surface area contributed by atoms with Gasteiger partial charge in [0, 0.05) is 48.7 Å². The molecule has 0 radical (unpaired) electrons. The van der Waals surface area contributed by atoms with Gasteiger partial charge in [-0.2, -0.15) is 4.39 Å². The summed E-state index contributed by atoms with van der Waals surface area (Å²) in [5.41, 5.74) is 3.32. The predicted octanol–water partition coefficient (Wildman–Crippen LogP) is 4.03. The minimum atomic E-state index is -1.65. The molecule has 206 valence electrons. The van der Waals surface area contributed by atoms with E-state index < -0.39 is 54.6 Å². The lowest BCUT2D eigenvalue weighted by Crippen LogP contribution is -2.58. The lowest BCUT2D eigenvalue weighted by Gasteiger charge is -2.43. The van der Waals surface area contributed by atoms with Crippen LogP contribution in [-0.4, -0.2) is 52.6 Å². The second kappa shape index (κ2) is 12.0. The standard InChI is InChI=1S/C28H28FNO8S/c1-14-5-6-18(11-20(14)12-21-8-9-22(39-21)19-7-10-23(29)30-13-19)24-25(35-15(2)31)26(36-16(3)32)27(28(34)38-24)37-17(4)33/h5-11,13,24-28,34H,12H2,1-4H3/t24?,25-,26+,27-,28-/m0/s1. The van der Waals surface area contributed by atoms with Gasteiger partial charge < -0.3 is 24.1 Å². The molecule has 1 aliphatic rings. The van der Waals surface area contributed by atoms with Crippen LogP contribution in [0.25, 0.3) is 10.4 Å². The van der Waals surface area contributed by atoms with Gasteiger partial charge in [0.1, 0.15) is 6.10 Å². The van der Waals surface area contributed by atoms with E-state index in [1.165, 1.54) is 19.2 Å². The molecular formula is C28H28FNO8S. The van der Waals surface area contributed by atoms with Crippen molar-refractivity contribution in [2.24, 2.45) is 0 Å². The molecule has 0 saturated carbocycles. The number of benzene rings is 1. The quantitative estimate of drug-likeness (QED) is 0.261. The zero-order valence-corrected chi connectivity index (χ0v) is 22.6. The SMILES string of the molecule is CC(=O)O[C@H]1[C@H](OC(C)=O)[C@@H](OC(C)=O)C(c2ccc(C)c(Cc3ccc(-c4ccc(F)nc4)s3)c2)O[C@@H]1O. The van der Waals surface area contributed by atoms with Crippen molar-refractivity contribution in [1.82, 2.24) is 4.98 Å². The average molecular weight is 558 g/mol. The fourth-order valence-corrected chi connectivity index (χ4v) is 5.48. The first-order valence-corrected chi connectivity index (χ1v) is 13.0. The number of carbonyl (C=O) groups excluding carboxylic acids is 3. The second-order valence-corrected chi connectivity index (χ2v) is 10.3. The van der Waals surface area contributed by atoms with Crippen molar-refractivity contribution in [3.8, 4) is 10.4 Å². The van der Waals surface area contributed by atoms with Gasteiger partial charge in [-0.15, -0.1) is 11.3 Å². The Labute approximate surface area is 228 Å². The number of aliphatic hydroxyl groups is 1. The summed E-state index contributed by atoms with van der Waals surface area (Å²) in [6.07, 6.45) is -4.53. The van der Waals surface area contributed by atoms with Crippen LogP contribution in [-0.2, 0) is 39.8 Å². The van der Waals surface area contributed by atoms with Gasteiger partial charge in [-0.1, -0.05) is 18.2 Å². The molecule has 0 spiro atoms. The Kier molecular flexibility index (Phi) is 8.73. The van der Waals surface area contributed by atoms with Gasteiger partial charge in [0.2, 0.25) is 5.95 Å². The number of pyridine rings is 1. The number of esters is 3. The van der Waals surface area contributed by atoms with Gasteiger partial charge in [0.05, 0.1) is 0 Å². The molecule has 0 aliphatic carbocycles. The highest BCUT2D eigenvalue weighted by Crippen LogP contribution is 2.38. The van der Waals surface area contributed by atoms with Gasteiger partial charge in [-0.25, -0.2) is 4.98 Å². The third-order valence-corrected chi connectivity index (χ3v) is 7.29. The number of aliphatic hydroxyl groups excluding tert-OH is 1. The molecule has 1 unspecified atom stereocenters. The molecule has 39 heavy (non-hydrogen) atoms. The van der Waals surface area contributed by atoms with Crippen molar-refractivity contribution < 1.29 is 42.8 Å². The highest BCUT2D eigenvalue weighted by molar-refractivity contribution is 7.15. The minimum absolute atomic E-state index is 0.541. The summed E-state index contributed by atoms with van der Waals surface area (Å²) in [5, 5.41) is 10.7. The molecule has 3 heterocycles. The van der Waals surface area contributed by atoms with E-state index in [9.17, 15) is 23.9 Å². The molecule has 5 atom stereocenters. The first kappa shape index (κ1) is 28.3. The Bertz CT molecular complexity index is 1360. The van der Waals surface area contributed by atoms with E-state index in [-0.39, 0.29) is 0 Å². The largest absolute Gasteiger partial charge is 0.455 e. The normalized spacial score (nSPS) is 22.7. The summed E-state index contributed by atoms with van der Waals surface area (Å²) in [6, 6.07) is 12.4. The number of aromatic nitrogens is 1. The first-order valence-electron chi connectivity index (χ1n) is 12.2. The molecular weight excluding hydrogens is 529 g/mol. The smallest absolute Gasteiger partial charge is 0.303 e. The summed E-state index contributed by atoms with van der Waals surface area (Å²) in [6.45, 7) is 5.45. The number of hydrogen-bond donors (Lipinski definition) is 1. The number of aryl methyl sites for hydroxylation is 1. The van der Waals surface area contributed by atoms with Crippen LogP contribution in [0.4, 0.5) is 4.39 Å². The first-order chi connectivity index (χ1) is 18.5. The van der Waals surface area contributed by atoms with Crippen molar-refractivity contribution in [3.05, 3.63) is 76.2 Å². The summed E-state index contributed by atoms with van der Waals surface area (Å²) in [4.78, 5) is 41.3. The Hall–Kier alpha value is -3.67. The predicted molar refractivity (Wildman–Crippen MR) is 138 cm³/mol. The van der Waals surface area contributed by atoms with Crippen molar-refractivity contribution in [3.63, 3.8) is 0 Å². The molecule has 2 aromatic heterocycles. The molecule has 0 amide bonds. The van der Waals surface area contributed by atoms with Crippen molar-refractivity contribution >= 4 is 29.2 Å². The van der Waals surface area contributed by atoms with E-state index in [1.807, 2.05) is 31.2 Å². The Morgan fingerprint density at radius 1 is 0.949 bits per heavy atom. The van der Waals surface area contributed by atoms with Crippen LogP contribution in [0.15, 0.2) is 48.7 Å². The van der Waals surface area contributed by atoms with Crippen LogP contribution in [0.1, 0.15) is 48.4 Å². The van der Waals surface area contributed by atoms with Gasteiger partial charge in [0.25, 0.3) is 0 Å². The molecule has 3 aromatic rings. The summed E-state index contributed by atoms with van der Waals surface area (Å²) < 4.78 is 35.1. The maximum atomic E-state index is 13.2. The molecule has 4 rings (SSSR count). The Balaban J connectivity index is 1.65. The molecule has 1 aromatic carbocycles. The number of ether oxygens (including phenoxy) is 4. The number of nitrogens with zero attached hydrogens (tertiary/aromatic N) is 1. The van der Waals surface area contributed by atoms with E-state index in [1.54, 1.807) is 23.5 Å². The van der Waals surface area contributed by atoms with Crippen molar-refractivity contribution in [2.75, 3.05) is 0 Å². The number of halogens is 1. The van der Waals surface area contributed by atoms with Crippen molar-refractivity contribution in [1.29, 1.82) is 0 Å². The fraction of sp³-hybridized carbons (Fsp3) is 0.357. The van der Waals surface area contributed by atoms with Gasteiger partial charge in [-0.05, 0) is 47.9 Å². The van der Waals surface area contributed by atoms with Gasteiger partial charge in [-0.3, -0.25) is 14.4 Å². The average Bonchev–Trinajstić information content (AvgIpc) is 3.32. The molecule has 1 N–H and O–H groups in total. The summed E-state index contributed by atoms with van der Waals surface area (Å²) in [7, 11) is 0. The second-order valence-electron chi connectivity index (χ2n) is 9.17. The van der Waals surface area contributed by atoms with Crippen LogP contribution < -0.4 is 0 Å². The molecule has 9 nitrogen and oxygen atoms in total. The minimum Gasteiger partial charge on any atom is -0.455 e. The lowest BCUT2D eigenvalue weighted by atomic mass is 9.90. The fourth-order valence-electron chi connectivity index (χ4n) is 4.45. The Morgan fingerprint density at radius 2 is 1.62 bits per heavy atom. The zero-order chi connectivity index (χ0) is 28.3. The summed E-state index contributed by atoms with van der Waals surface area (Å²) in [5.74, 6) is -2.65. The third kappa shape index (κ3) is 6.86. The number of thiophene rings is 1. The van der Waals surface area contributed by atoms with Crippen LogP contribution in [0.3, 0.4) is 0 Å². The third-order valence-electron chi connectivity index (χ3n) is 6.16. The van der Waals surface area contributed by atoms with Crippen LogP contribution in [0.2, 0.25) is 0 Å². The molecule has 0 bridgehead atoms. The number of rotatable bonds is 7. The summed E-state index contributed by atoms with van der Waals surface area (Å²) >= 11 is 1.55.